The van der Waals surface area contributed by atoms with Gasteiger partial charge in [-0.15, -0.1) is 0 Å². The van der Waals surface area contributed by atoms with Crippen LogP contribution in [0.15, 0.2) is 42.7 Å². The molecule has 1 aliphatic rings. The molecular formula is C23H23F3N6O4. The van der Waals surface area contributed by atoms with E-state index in [2.05, 4.69) is 26.2 Å². The summed E-state index contributed by atoms with van der Waals surface area (Å²) in [6, 6.07) is 7.73. The predicted octanol–water partition coefficient (Wildman–Crippen LogP) is 3.81. The van der Waals surface area contributed by atoms with Crippen LogP contribution in [0.2, 0.25) is 0 Å². The summed E-state index contributed by atoms with van der Waals surface area (Å²) in [7, 11) is 2.93. The highest BCUT2D eigenvalue weighted by atomic mass is 19.4. The van der Waals surface area contributed by atoms with Crippen LogP contribution in [0.4, 0.5) is 30.4 Å². The monoisotopic (exact) mass is 504 g/mol. The third-order valence-electron chi connectivity index (χ3n) is 5.20. The summed E-state index contributed by atoms with van der Waals surface area (Å²) in [6.45, 7) is -1.54. The number of carbonyl (C=O) groups is 2. The highest BCUT2D eigenvalue weighted by molar-refractivity contribution is 6.01. The van der Waals surface area contributed by atoms with E-state index >= 15 is 0 Å². The number of alkyl halides is 3. The van der Waals surface area contributed by atoms with Crippen LogP contribution in [0, 0.1) is 5.92 Å². The fourth-order valence-corrected chi connectivity index (χ4v) is 3.38. The van der Waals surface area contributed by atoms with Gasteiger partial charge in [-0.3, -0.25) is 19.1 Å². The largest absolute Gasteiger partial charge is 0.481 e. The molecular weight excluding hydrogens is 481 g/mol. The maximum Gasteiger partial charge on any atom is 0.422 e. The Bertz CT molecular complexity index is 1270. The van der Waals surface area contributed by atoms with Gasteiger partial charge in [0.2, 0.25) is 5.91 Å². The number of ether oxygens (including phenoxy) is 1. The van der Waals surface area contributed by atoms with Crippen molar-refractivity contribution in [3.8, 4) is 17.0 Å². The maximum absolute atomic E-state index is 13.1. The second kappa shape index (κ2) is 10.2. The third kappa shape index (κ3) is 6.10. The van der Waals surface area contributed by atoms with Crippen molar-refractivity contribution < 1.29 is 32.3 Å². The molecule has 2 aromatic heterocycles. The molecule has 2 amide bonds. The van der Waals surface area contributed by atoms with Gasteiger partial charge < -0.3 is 15.4 Å². The summed E-state index contributed by atoms with van der Waals surface area (Å²) < 4.78 is 45.9. The topological polar surface area (TPSA) is 119 Å². The van der Waals surface area contributed by atoms with Gasteiger partial charge in [-0.1, -0.05) is 6.07 Å². The summed E-state index contributed by atoms with van der Waals surface area (Å²) >= 11 is 0. The molecule has 190 valence electrons. The Labute approximate surface area is 203 Å². The van der Waals surface area contributed by atoms with E-state index in [1.165, 1.54) is 30.1 Å². The van der Waals surface area contributed by atoms with Crippen molar-refractivity contribution in [1.82, 2.24) is 20.2 Å². The van der Waals surface area contributed by atoms with Gasteiger partial charge in [0.05, 0.1) is 29.7 Å². The molecule has 3 N–H and O–H groups in total. The van der Waals surface area contributed by atoms with Crippen molar-refractivity contribution in [3.63, 3.8) is 0 Å². The number of hydrogen-bond acceptors (Lipinski definition) is 7. The normalized spacial score (nSPS) is 13.2. The first kappa shape index (κ1) is 25.0. The number of rotatable bonds is 9. The van der Waals surface area contributed by atoms with Gasteiger partial charge >= 0.3 is 6.18 Å². The molecule has 1 saturated carbocycles. The summed E-state index contributed by atoms with van der Waals surface area (Å²) in [4.78, 5) is 33.5. The molecule has 0 spiro atoms. The Morgan fingerprint density at radius 1 is 1.19 bits per heavy atom. The zero-order chi connectivity index (χ0) is 25.9. The number of nitrogens with one attached hydrogen (secondary N) is 3. The van der Waals surface area contributed by atoms with Crippen LogP contribution >= 0.6 is 0 Å². The van der Waals surface area contributed by atoms with Gasteiger partial charge in [0.25, 0.3) is 5.91 Å². The van der Waals surface area contributed by atoms with Gasteiger partial charge in [-0.05, 0) is 31.0 Å². The molecule has 0 saturated heterocycles. The fourth-order valence-electron chi connectivity index (χ4n) is 3.38. The Hall–Kier alpha value is -4.13. The lowest BCUT2D eigenvalue weighted by Crippen LogP contribution is -2.23. The molecule has 0 aliphatic heterocycles. The molecule has 1 fully saturated rings. The number of carbonyl (C=O) groups excluding carboxylic acids is 2. The van der Waals surface area contributed by atoms with Crippen LogP contribution < -0.4 is 20.9 Å². The minimum absolute atomic E-state index is 0.0197. The number of nitrogens with zero attached hydrogens (tertiary/aromatic N) is 3. The number of aryl methyl sites for hydroxylation is 1. The number of halogens is 3. The summed E-state index contributed by atoms with van der Waals surface area (Å²) in [5.74, 6) is -0.897. The number of benzene rings is 1. The molecule has 1 aliphatic carbocycles. The number of anilines is 3. The van der Waals surface area contributed by atoms with E-state index < -0.39 is 18.7 Å². The van der Waals surface area contributed by atoms with E-state index in [4.69, 9.17) is 9.57 Å². The SMILES string of the molecule is CONC(=O)c1cnc(NC(=O)C2CC2)cc1Nc1cccc(-c2ccn(C)n2)c1OCC(F)(F)F. The lowest BCUT2D eigenvalue weighted by molar-refractivity contribution is -0.153. The molecule has 0 unspecified atom stereocenters. The zero-order valence-corrected chi connectivity index (χ0v) is 19.3. The molecule has 13 heteroatoms. The Morgan fingerprint density at radius 3 is 2.61 bits per heavy atom. The van der Waals surface area contributed by atoms with E-state index in [9.17, 15) is 22.8 Å². The van der Waals surface area contributed by atoms with Crippen molar-refractivity contribution >= 4 is 29.0 Å². The van der Waals surface area contributed by atoms with E-state index in [-0.39, 0.29) is 40.3 Å². The quantitative estimate of drug-likeness (QED) is 0.379. The van der Waals surface area contributed by atoms with Crippen LogP contribution in [-0.4, -0.2) is 46.5 Å². The molecule has 0 radical (unpaired) electrons. The summed E-state index contributed by atoms with van der Waals surface area (Å²) in [5, 5.41) is 9.90. The summed E-state index contributed by atoms with van der Waals surface area (Å²) in [6.07, 6.45) is -0.155. The number of aromatic nitrogens is 3. The van der Waals surface area contributed by atoms with Crippen molar-refractivity contribution in [1.29, 1.82) is 0 Å². The van der Waals surface area contributed by atoms with Crippen LogP contribution in [0.1, 0.15) is 23.2 Å². The average molecular weight is 504 g/mol. The van der Waals surface area contributed by atoms with Gasteiger partial charge in [0.15, 0.2) is 12.4 Å². The van der Waals surface area contributed by atoms with Crippen molar-refractivity contribution in [2.24, 2.45) is 13.0 Å². The van der Waals surface area contributed by atoms with Gasteiger partial charge in [0.1, 0.15) is 5.82 Å². The second-order valence-corrected chi connectivity index (χ2v) is 8.10. The minimum Gasteiger partial charge on any atom is -0.481 e. The summed E-state index contributed by atoms with van der Waals surface area (Å²) in [5.41, 5.74) is 3.19. The Morgan fingerprint density at radius 2 is 1.97 bits per heavy atom. The second-order valence-electron chi connectivity index (χ2n) is 8.10. The first-order valence-corrected chi connectivity index (χ1v) is 10.9. The third-order valence-corrected chi connectivity index (χ3v) is 5.20. The highest BCUT2D eigenvalue weighted by Gasteiger charge is 2.31. The van der Waals surface area contributed by atoms with Crippen molar-refractivity contribution in [2.45, 2.75) is 19.0 Å². The minimum atomic E-state index is -4.59. The van der Waals surface area contributed by atoms with Crippen molar-refractivity contribution in [2.75, 3.05) is 24.4 Å². The van der Waals surface area contributed by atoms with Crippen LogP contribution in [0.3, 0.4) is 0 Å². The standard InChI is InChI=1S/C23H23F3N6O4/c1-32-9-8-16(30-32)14-4-3-5-17(20(14)36-12-23(24,25)26)28-18-10-19(29-21(33)13-6-7-13)27-11-15(18)22(34)31-35-2/h3-5,8-11,13H,6-7,12H2,1-2H3,(H,31,34)(H2,27,28,29,33). The Kier molecular flexibility index (Phi) is 7.10. The molecule has 3 aromatic rings. The molecule has 2 heterocycles. The van der Waals surface area contributed by atoms with Crippen LogP contribution in [-0.2, 0) is 16.7 Å². The smallest absolute Gasteiger partial charge is 0.422 e. The van der Waals surface area contributed by atoms with Crippen molar-refractivity contribution in [3.05, 3.63) is 48.3 Å². The number of amides is 2. The van der Waals surface area contributed by atoms with Crippen LogP contribution in [0.25, 0.3) is 11.3 Å². The van der Waals surface area contributed by atoms with E-state index in [1.54, 1.807) is 31.4 Å². The number of hydroxylamine groups is 1. The molecule has 1 aromatic carbocycles. The number of pyridine rings is 1. The lowest BCUT2D eigenvalue weighted by Gasteiger charge is -2.19. The average Bonchev–Trinajstić information content (AvgIpc) is 3.58. The first-order chi connectivity index (χ1) is 17.1. The van der Waals surface area contributed by atoms with E-state index in [0.29, 0.717) is 11.3 Å². The van der Waals surface area contributed by atoms with Gasteiger partial charge in [-0.2, -0.15) is 18.3 Å². The Balaban J connectivity index is 1.74. The fraction of sp³-hybridized carbons (Fsp3) is 0.304. The highest BCUT2D eigenvalue weighted by Crippen LogP contribution is 2.39. The van der Waals surface area contributed by atoms with E-state index in [0.717, 1.165) is 12.8 Å². The molecule has 0 bridgehead atoms. The predicted molar refractivity (Wildman–Crippen MR) is 124 cm³/mol. The molecule has 36 heavy (non-hydrogen) atoms. The van der Waals surface area contributed by atoms with Crippen LogP contribution in [0.5, 0.6) is 5.75 Å². The van der Waals surface area contributed by atoms with Gasteiger partial charge in [-0.25, -0.2) is 10.5 Å². The van der Waals surface area contributed by atoms with E-state index in [1.807, 2.05) is 0 Å². The zero-order valence-electron chi connectivity index (χ0n) is 19.3. The molecule has 10 nitrogen and oxygen atoms in total. The number of para-hydroxylation sites is 1. The maximum atomic E-state index is 13.1. The number of hydrogen-bond donors (Lipinski definition) is 3. The first-order valence-electron chi connectivity index (χ1n) is 10.9. The van der Waals surface area contributed by atoms with Gasteiger partial charge in [0, 0.05) is 37.0 Å². The molecule has 0 atom stereocenters. The molecule has 4 rings (SSSR count). The lowest BCUT2D eigenvalue weighted by atomic mass is 10.1.